The summed E-state index contributed by atoms with van der Waals surface area (Å²) in [5.41, 5.74) is 5.17. The number of anilines is 1. The fraction of sp³-hybridized carbons (Fsp3) is 0.269. The number of Topliss-reactive ketones (excluding diaryl/α,β-unsaturated/α-hetero) is 1. The lowest BCUT2D eigenvalue weighted by Crippen LogP contribution is -2.33. The van der Waals surface area contributed by atoms with Crippen molar-refractivity contribution in [3.8, 4) is 5.75 Å². The SMILES string of the molecule is CCCCc1ccc(NC2c3ccccc3OC2C(=O)c2ccc(C)cc2)cc1. The third kappa shape index (κ3) is 4.19. The van der Waals surface area contributed by atoms with Gasteiger partial charge in [-0.05, 0) is 43.5 Å². The minimum absolute atomic E-state index is 0.00161. The molecule has 0 fully saturated rings. The van der Waals surface area contributed by atoms with E-state index < -0.39 is 6.10 Å². The summed E-state index contributed by atoms with van der Waals surface area (Å²) < 4.78 is 6.10. The molecule has 3 aromatic carbocycles. The molecule has 0 radical (unpaired) electrons. The van der Waals surface area contributed by atoms with Crippen LogP contribution in [0.2, 0.25) is 0 Å². The molecule has 1 N–H and O–H groups in total. The Bertz CT molecular complexity index is 976. The second kappa shape index (κ2) is 8.52. The van der Waals surface area contributed by atoms with Crippen molar-refractivity contribution in [1.82, 2.24) is 0 Å². The predicted molar refractivity (Wildman–Crippen MR) is 118 cm³/mol. The Hall–Kier alpha value is -3.07. The number of hydrogen-bond donors (Lipinski definition) is 1. The van der Waals surface area contributed by atoms with E-state index in [1.807, 2.05) is 55.5 Å². The molecule has 2 unspecified atom stereocenters. The summed E-state index contributed by atoms with van der Waals surface area (Å²) in [6.07, 6.45) is 2.90. The second-order valence-corrected chi connectivity index (χ2v) is 7.73. The van der Waals surface area contributed by atoms with Gasteiger partial charge in [0.05, 0.1) is 6.04 Å². The number of aryl methyl sites for hydroxylation is 2. The van der Waals surface area contributed by atoms with Crippen molar-refractivity contribution in [2.45, 2.75) is 45.3 Å². The summed E-state index contributed by atoms with van der Waals surface area (Å²) in [6.45, 7) is 4.23. The van der Waals surface area contributed by atoms with Crippen LogP contribution in [0.5, 0.6) is 5.75 Å². The van der Waals surface area contributed by atoms with Gasteiger partial charge in [0.1, 0.15) is 5.75 Å². The highest BCUT2D eigenvalue weighted by Gasteiger charge is 2.39. The standard InChI is InChI=1S/C26H27NO2/c1-3-4-7-19-12-16-21(17-13-19)27-24-22-8-5-6-9-23(22)29-26(24)25(28)20-14-10-18(2)11-15-20/h5-6,8-17,24,26-27H,3-4,7H2,1-2H3. The highest BCUT2D eigenvalue weighted by molar-refractivity contribution is 6.01. The molecule has 0 aromatic heterocycles. The number of para-hydroxylation sites is 1. The van der Waals surface area contributed by atoms with E-state index in [0.29, 0.717) is 5.56 Å². The van der Waals surface area contributed by atoms with Crippen molar-refractivity contribution < 1.29 is 9.53 Å². The molecule has 0 aliphatic carbocycles. The number of fused-ring (bicyclic) bond motifs is 1. The Balaban J connectivity index is 1.59. The Morgan fingerprint density at radius 2 is 1.69 bits per heavy atom. The molecule has 3 nitrogen and oxygen atoms in total. The summed E-state index contributed by atoms with van der Waals surface area (Å²) in [5.74, 6) is 0.772. The van der Waals surface area contributed by atoms with Crippen LogP contribution in [0.25, 0.3) is 0 Å². The quantitative estimate of drug-likeness (QED) is 0.497. The largest absolute Gasteiger partial charge is 0.479 e. The van der Waals surface area contributed by atoms with Gasteiger partial charge in [0.15, 0.2) is 6.10 Å². The normalized spacial score (nSPS) is 17.4. The van der Waals surface area contributed by atoms with Crippen LogP contribution in [-0.4, -0.2) is 11.9 Å². The first kappa shape index (κ1) is 19.3. The molecule has 3 heteroatoms. The van der Waals surface area contributed by atoms with Crippen LogP contribution in [0, 0.1) is 6.92 Å². The van der Waals surface area contributed by atoms with Gasteiger partial charge in [0.25, 0.3) is 0 Å². The fourth-order valence-electron chi connectivity index (χ4n) is 3.78. The molecule has 1 aliphatic rings. The van der Waals surface area contributed by atoms with E-state index in [1.165, 1.54) is 18.4 Å². The van der Waals surface area contributed by atoms with E-state index in [4.69, 9.17) is 4.74 Å². The predicted octanol–water partition coefficient (Wildman–Crippen LogP) is 6.13. The number of unbranched alkanes of at least 4 members (excludes halogenated alkanes) is 1. The zero-order chi connectivity index (χ0) is 20.2. The highest BCUT2D eigenvalue weighted by atomic mass is 16.5. The Morgan fingerprint density at radius 3 is 2.41 bits per heavy atom. The molecule has 29 heavy (non-hydrogen) atoms. The van der Waals surface area contributed by atoms with Crippen LogP contribution >= 0.6 is 0 Å². The third-order valence-corrected chi connectivity index (χ3v) is 5.50. The smallest absolute Gasteiger partial charge is 0.205 e. The van der Waals surface area contributed by atoms with Gasteiger partial charge in [0.2, 0.25) is 5.78 Å². The first-order valence-electron chi connectivity index (χ1n) is 10.4. The molecule has 2 atom stereocenters. The van der Waals surface area contributed by atoms with Gasteiger partial charge in [-0.2, -0.15) is 0 Å². The minimum Gasteiger partial charge on any atom is -0.479 e. The number of hydrogen-bond acceptors (Lipinski definition) is 3. The van der Waals surface area contributed by atoms with Gasteiger partial charge in [-0.15, -0.1) is 0 Å². The maximum absolute atomic E-state index is 13.2. The van der Waals surface area contributed by atoms with Gasteiger partial charge < -0.3 is 10.1 Å². The zero-order valence-corrected chi connectivity index (χ0v) is 17.0. The first-order valence-corrected chi connectivity index (χ1v) is 10.4. The lowest BCUT2D eigenvalue weighted by atomic mass is 9.96. The number of carbonyl (C=O) groups is 1. The minimum atomic E-state index is -0.588. The monoisotopic (exact) mass is 385 g/mol. The average molecular weight is 386 g/mol. The summed E-state index contributed by atoms with van der Waals surface area (Å²) in [5, 5.41) is 3.55. The highest BCUT2D eigenvalue weighted by Crippen LogP contribution is 2.39. The van der Waals surface area contributed by atoms with Crippen LogP contribution in [0.15, 0.2) is 72.8 Å². The van der Waals surface area contributed by atoms with E-state index in [2.05, 4.69) is 36.5 Å². The summed E-state index contributed by atoms with van der Waals surface area (Å²) in [6, 6.07) is 23.9. The van der Waals surface area contributed by atoms with Crippen molar-refractivity contribution >= 4 is 11.5 Å². The van der Waals surface area contributed by atoms with Crippen LogP contribution in [0.4, 0.5) is 5.69 Å². The Morgan fingerprint density at radius 1 is 0.966 bits per heavy atom. The van der Waals surface area contributed by atoms with Gasteiger partial charge in [-0.1, -0.05) is 73.5 Å². The molecule has 1 aliphatic heterocycles. The van der Waals surface area contributed by atoms with E-state index in [1.54, 1.807) is 0 Å². The van der Waals surface area contributed by atoms with Crippen LogP contribution in [-0.2, 0) is 6.42 Å². The molecule has 1 heterocycles. The maximum atomic E-state index is 13.2. The zero-order valence-electron chi connectivity index (χ0n) is 17.0. The van der Waals surface area contributed by atoms with E-state index in [-0.39, 0.29) is 11.8 Å². The number of benzene rings is 3. The van der Waals surface area contributed by atoms with Crippen molar-refractivity contribution in [3.05, 3.63) is 95.1 Å². The van der Waals surface area contributed by atoms with Gasteiger partial charge >= 0.3 is 0 Å². The molecular formula is C26H27NO2. The number of ether oxygens (including phenoxy) is 1. The van der Waals surface area contributed by atoms with Crippen molar-refractivity contribution in [3.63, 3.8) is 0 Å². The van der Waals surface area contributed by atoms with Gasteiger partial charge in [0, 0.05) is 16.8 Å². The molecule has 0 bridgehead atoms. The van der Waals surface area contributed by atoms with Gasteiger partial charge in [-0.25, -0.2) is 0 Å². The molecular weight excluding hydrogens is 358 g/mol. The number of carbonyl (C=O) groups excluding carboxylic acids is 1. The molecule has 3 aromatic rings. The van der Waals surface area contributed by atoms with E-state index in [9.17, 15) is 4.79 Å². The molecule has 0 saturated heterocycles. The molecule has 0 spiro atoms. The second-order valence-electron chi connectivity index (χ2n) is 7.73. The van der Waals surface area contributed by atoms with E-state index >= 15 is 0 Å². The van der Waals surface area contributed by atoms with Crippen molar-refractivity contribution in [2.24, 2.45) is 0 Å². The van der Waals surface area contributed by atoms with Crippen LogP contribution < -0.4 is 10.1 Å². The first-order chi connectivity index (χ1) is 14.2. The fourth-order valence-corrected chi connectivity index (χ4v) is 3.78. The number of ketones is 1. The summed E-state index contributed by atoms with van der Waals surface area (Å²) >= 11 is 0. The summed E-state index contributed by atoms with van der Waals surface area (Å²) in [4.78, 5) is 13.2. The molecule has 0 amide bonds. The average Bonchev–Trinajstić information content (AvgIpc) is 3.12. The molecule has 0 saturated carbocycles. The third-order valence-electron chi connectivity index (χ3n) is 5.50. The van der Waals surface area contributed by atoms with Crippen LogP contribution in [0.3, 0.4) is 0 Å². The molecule has 148 valence electrons. The lowest BCUT2D eigenvalue weighted by Gasteiger charge is -2.21. The summed E-state index contributed by atoms with van der Waals surface area (Å²) in [7, 11) is 0. The molecule has 4 rings (SSSR count). The Kier molecular flexibility index (Phi) is 5.66. The Labute approximate surface area is 172 Å². The van der Waals surface area contributed by atoms with Gasteiger partial charge in [-0.3, -0.25) is 4.79 Å². The maximum Gasteiger partial charge on any atom is 0.205 e. The number of rotatable bonds is 7. The lowest BCUT2D eigenvalue weighted by molar-refractivity contribution is 0.0802. The van der Waals surface area contributed by atoms with E-state index in [0.717, 1.165) is 29.0 Å². The van der Waals surface area contributed by atoms with Crippen molar-refractivity contribution in [1.29, 1.82) is 0 Å². The number of nitrogens with one attached hydrogen (secondary N) is 1. The van der Waals surface area contributed by atoms with Crippen molar-refractivity contribution in [2.75, 3.05) is 5.32 Å². The topological polar surface area (TPSA) is 38.3 Å². The van der Waals surface area contributed by atoms with Crippen LogP contribution in [0.1, 0.15) is 52.9 Å².